The molecule has 0 bridgehead atoms. The first-order chi connectivity index (χ1) is 11.4. The molecule has 0 unspecified atom stereocenters. The van der Waals surface area contributed by atoms with E-state index in [1.165, 1.54) is 12.8 Å². The van der Waals surface area contributed by atoms with Crippen molar-refractivity contribution in [2.75, 3.05) is 19.7 Å². The summed E-state index contributed by atoms with van der Waals surface area (Å²) in [5, 5.41) is 9.04. The lowest BCUT2D eigenvalue weighted by molar-refractivity contribution is 0.213. The maximum atomic E-state index is 6.05. The van der Waals surface area contributed by atoms with Gasteiger partial charge in [0.1, 0.15) is 0 Å². The molecule has 0 radical (unpaired) electrons. The van der Waals surface area contributed by atoms with Crippen molar-refractivity contribution in [3.05, 3.63) is 48.7 Å². The highest BCUT2D eigenvalue weighted by Crippen LogP contribution is 2.26. The van der Waals surface area contributed by atoms with E-state index in [0.717, 1.165) is 29.8 Å². The molecule has 1 fully saturated rings. The van der Waals surface area contributed by atoms with E-state index in [9.17, 15) is 0 Å². The van der Waals surface area contributed by atoms with E-state index in [-0.39, 0.29) is 0 Å². The molecule has 1 aromatic carbocycles. The van der Waals surface area contributed by atoms with Crippen LogP contribution in [0.1, 0.15) is 12.8 Å². The molecule has 3 aromatic rings. The lowest BCUT2D eigenvalue weighted by atomic mass is 10.0. The Hall–Kier alpha value is -2.40. The largest absolute Gasteiger partial charge is 0.476 e. The smallest absolute Gasteiger partial charge is 0.242 e. The number of aromatic nitrogens is 3. The van der Waals surface area contributed by atoms with Crippen LogP contribution >= 0.6 is 0 Å². The summed E-state index contributed by atoms with van der Waals surface area (Å²) >= 11 is 0. The van der Waals surface area contributed by atoms with Gasteiger partial charge in [-0.2, -0.15) is 0 Å². The van der Waals surface area contributed by atoms with Gasteiger partial charge in [0.05, 0.1) is 17.7 Å². The number of fused-ring (bicyclic) bond motifs is 1. The Labute approximate surface area is 135 Å². The summed E-state index contributed by atoms with van der Waals surface area (Å²) in [4.78, 5) is 4.48. The fourth-order valence-electron chi connectivity index (χ4n) is 3.04. The van der Waals surface area contributed by atoms with Gasteiger partial charge in [-0.3, -0.25) is 0 Å². The standard InChI is InChI=1S/C18H20N4O/c1-2-7-15(8-3-1)22-17-16(9-5-11-20-17)18(21-22)23-13-14-6-4-10-19-12-14/h1-3,5,7-9,11,14,19H,4,6,10,12-13H2/t14-/m0/s1. The van der Waals surface area contributed by atoms with E-state index in [1.54, 1.807) is 6.20 Å². The molecule has 1 N–H and O–H groups in total. The van der Waals surface area contributed by atoms with E-state index in [1.807, 2.05) is 47.1 Å². The van der Waals surface area contributed by atoms with Gasteiger partial charge in [0.2, 0.25) is 5.88 Å². The number of rotatable bonds is 4. The summed E-state index contributed by atoms with van der Waals surface area (Å²) in [6, 6.07) is 14.0. The van der Waals surface area contributed by atoms with Crippen LogP contribution in [0.2, 0.25) is 0 Å². The summed E-state index contributed by atoms with van der Waals surface area (Å²) in [6.07, 6.45) is 4.22. The Kier molecular flexibility index (Phi) is 3.94. The molecule has 1 atom stereocenters. The van der Waals surface area contributed by atoms with Crippen molar-refractivity contribution < 1.29 is 4.74 Å². The zero-order valence-corrected chi connectivity index (χ0v) is 13.0. The van der Waals surface area contributed by atoms with Crippen molar-refractivity contribution in [2.24, 2.45) is 5.92 Å². The van der Waals surface area contributed by atoms with Gasteiger partial charge in [0.15, 0.2) is 5.65 Å². The molecule has 5 heteroatoms. The van der Waals surface area contributed by atoms with Gasteiger partial charge in [-0.15, -0.1) is 5.10 Å². The summed E-state index contributed by atoms with van der Waals surface area (Å²) in [7, 11) is 0. The zero-order valence-electron chi connectivity index (χ0n) is 13.0. The number of para-hydroxylation sites is 1. The minimum atomic E-state index is 0.553. The lowest BCUT2D eigenvalue weighted by Gasteiger charge is -2.22. The summed E-state index contributed by atoms with van der Waals surface area (Å²) in [5.41, 5.74) is 1.82. The number of nitrogens with one attached hydrogen (secondary N) is 1. The van der Waals surface area contributed by atoms with Crippen molar-refractivity contribution in [2.45, 2.75) is 12.8 Å². The number of piperidine rings is 1. The predicted molar refractivity (Wildman–Crippen MR) is 90.0 cm³/mol. The van der Waals surface area contributed by atoms with Crippen LogP contribution in [0, 0.1) is 5.92 Å². The van der Waals surface area contributed by atoms with E-state index in [2.05, 4.69) is 15.4 Å². The maximum Gasteiger partial charge on any atom is 0.242 e. The minimum absolute atomic E-state index is 0.553. The van der Waals surface area contributed by atoms with Crippen molar-refractivity contribution in [1.29, 1.82) is 0 Å². The molecule has 23 heavy (non-hydrogen) atoms. The number of pyridine rings is 1. The SMILES string of the molecule is c1ccc(-n2nc(OC[C@H]3CCCNC3)c3cccnc32)cc1. The highest BCUT2D eigenvalue weighted by Gasteiger charge is 2.17. The first kappa shape index (κ1) is 14.2. The van der Waals surface area contributed by atoms with Crippen LogP contribution in [-0.2, 0) is 0 Å². The van der Waals surface area contributed by atoms with Crippen LogP contribution in [-0.4, -0.2) is 34.5 Å². The molecule has 118 valence electrons. The highest BCUT2D eigenvalue weighted by molar-refractivity contribution is 5.82. The van der Waals surface area contributed by atoms with Crippen molar-refractivity contribution in [3.8, 4) is 11.6 Å². The van der Waals surface area contributed by atoms with E-state index in [4.69, 9.17) is 4.74 Å². The highest BCUT2D eigenvalue weighted by atomic mass is 16.5. The van der Waals surface area contributed by atoms with Gasteiger partial charge in [0.25, 0.3) is 0 Å². The molecular weight excluding hydrogens is 288 g/mol. The van der Waals surface area contributed by atoms with Crippen LogP contribution in [0.15, 0.2) is 48.7 Å². The Balaban J connectivity index is 1.64. The number of hydrogen-bond donors (Lipinski definition) is 1. The molecule has 5 nitrogen and oxygen atoms in total. The lowest BCUT2D eigenvalue weighted by Crippen LogP contribution is -2.33. The Bertz CT molecular complexity index is 778. The van der Waals surface area contributed by atoms with Gasteiger partial charge >= 0.3 is 0 Å². The molecule has 2 aromatic heterocycles. The summed E-state index contributed by atoms with van der Waals surface area (Å²) in [5.74, 6) is 1.22. The number of benzene rings is 1. The average Bonchev–Trinajstić information content (AvgIpc) is 3.01. The second-order valence-electron chi connectivity index (χ2n) is 5.95. The second kappa shape index (κ2) is 6.38. The van der Waals surface area contributed by atoms with Crippen molar-refractivity contribution in [1.82, 2.24) is 20.1 Å². The van der Waals surface area contributed by atoms with E-state index in [0.29, 0.717) is 18.4 Å². The quantitative estimate of drug-likeness (QED) is 0.805. The van der Waals surface area contributed by atoms with Crippen LogP contribution in [0.4, 0.5) is 0 Å². The van der Waals surface area contributed by atoms with Gasteiger partial charge in [0, 0.05) is 18.7 Å². The third-order valence-electron chi connectivity index (χ3n) is 4.26. The van der Waals surface area contributed by atoms with E-state index < -0.39 is 0 Å². The molecule has 0 amide bonds. The normalized spacial score (nSPS) is 18.2. The van der Waals surface area contributed by atoms with Crippen LogP contribution in [0.3, 0.4) is 0 Å². The molecule has 3 heterocycles. The third kappa shape index (κ3) is 2.92. The molecule has 1 aliphatic heterocycles. The molecular formula is C18H20N4O. The van der Waals surface area contributed by atoms with Crippen molar-refractivity contribution >= 4 is 11.0 Å². The van der Waals surface area contributed by atoms with Crippen LogP contribution in [0.5, 0.6) is 5.88 Å². The average molecular weight is 308 g/mol. The molecule has 0 aliphatic carbocycles. The topological polar surface area (TPSA) is 52.0 Å². The Morgan fingerprint density at radius 3 is 2.91 bits per heavy atom. The molecule has 0 saturated carbocycles. The number of hydrogen-bond acceptors (Lipinski definition) is 4. The molecule has 4 rings (SSSR count). The van der Waals surface area contributed by atoms with Gasteiger partial charge in [-0.1, -0.05) is 18.2 Å². The van der Waals surface area contributed by atoms with Crippen molar-refractivity contribution in [3.63, 3.8) is 0 Å². The zero-order chi connectivity index (χ0) is 15.5. The Morgan fingerprint density at radius 2 is 2.09 bits per heavy atom. The monoisotopic (exact) mass is 308 g/mol. The fraction of sp³-hybridized carbons (Fsp3) is 0.333. The minimum Gasteiger partial charge on any atom is -0.476 e. The van der Waals surface area contributed by atoms with Crippen LogP contribution in [0.25, 0.3) is 16.7 Å². The fourth-order valence-corrected chi connectivity index (χ4v) is 3.04. The first-order valence-electron chi connectivity index (χ1n) is 8.14. The predicted octanol–water partition coefficient (Wildman–Crippen LogP) is 2.80. The number of ether oxygens (including phenoxy) is 1. The van der Waals surface area contributed by atoms with E-state index >= 15 is 0 Å². The van der Waals surface area contributed by atoms with Crippen LogP contribution < -0.4 is 10.1 Å². The summed E-state index contributed by atoms with van der Waals surface area (Å²) < 4.78 is 7.90. The summed E-state index contributed by atoms with van der Waals surface area (Å²) in [6.45, 7) is 2.84. The molecule has 0 spiro atoms. The molecule has 1 aliphatic rings. The molecule has 1 saturated heterocycles. The van der Waals surface area contributed by atoms with Gasteiger partial charge in [-0.05, 0) is 43.7 Å². The first-order valence-corrected chi connectivity index (χ1v) is 8.14. The third-order valence-corrected chi connectivity index (χ3v) is 4.26. The van der Waals surface area contributed by atoms with Gasteiger partial charge in [-0.25, -0.2) is 9.67 Å². The Morgan fingerprint density at radius 1 is 1.17 bits per heavy atom. The number of nitrogens with zero attached hydrogens (tertiary/aromatic N) is 3. The second-order valence-corrected chi connectivity index (χ2v) is 5.95. The van der Waals surface area contributed by atoms with Gasteiger partial charge < -0.3 is 10.1 Å². The maximum absolute atomic E-state index is 6.05.